The van der Waals surface area contributed by atoms with Crippen molar-refractivity contribution in [2.45, 2.75) is 32.2 Å². The second-order valence-electron chi connectivity index (χ2n) is 9.54. The molecule has 5 rings (SSSR count). The molecule has 8 heteroatoms. The molecule has 0 N–H and O–H groups in total. The third kappa shape index (κ3) is 5.97. The Morgan fingerprint density at radius 3 is 2.15 bits per heavy atom. The molecule has 0 aliphatic rings. The van der Waals surface area contributed by atoms with E-state index in [-0.39, 0.29) is 23.0 Å². The number of aryl methyl sites for hydroxylation is 2. The molecule has 0 saturated heterocycles. The number of hydrogen-bond acceptors (Lipinski definition) is 6. The van der Waals surface area contributed by atoms with Gasteiger partial charge in [0.15, 0.2) is 5.78 Å². The molecule has 6 nitrogen and oxygen atoms in total. The average Bonchev–Trinajstić information content (AvgIpc) is 3.29. The third-order valence-corrected chi connectivity index (χ3v) is 8.11. The Hall–Kier alpha value is -4.20. The maximum atomic E-state index is 13.7. The van der Waals surface area contributed by atoms with E-state index in [4.69, 9.17) is 16.4 Å². The van der Waals surface area contributed by atoms with Gasteiger partial charge in [-0.25, -0.2) is 4.79 Å². The zero-order chi connectivity index (χ0) is 29.1. The van der Waals surface area contributed by atoms with E-state index in [1.807, 2.05) is 73.7 Å². The smallest absolute Gasteiger partial charge is 0.331 e. The summed E-state index contributed by atoms with van der Waals surface area (Å²) in [7, 11) is 0. The van der Waals surface area contributed by atoms with Gasteiger partial charge in [0.1, 0.15) is 5.71 Å². The molecule has 0 amide bonds. The van der Waals surface area contributed by atoms with E-state index in [0.29, 0.717) is 21.7 Å². The highest BCUT2D eigenvalue weighted by Crippen LogP contribution is 2.32. The number of fused-ring (bicyclic) bond motifs is 3. The molecule has 0 radical (unpaired) electrons. The molecule has 206 valence electrons. The number of benzene rings is 4. The van der Waals surface area contributed by atoms with E-state index >= 15 is 0 Å². The molecule has 0 unspecified atom stereocenters. The number of aromatic nitrogens is 1. The first-order valence-electron chi connectivity index (χ1n) is 13.1. The standard InChI is InChI=1S/C33H27ClN2O4S/c1-4-36-30-15-9-22(32(38)26-8-6-5-7-20(26)2)17-27(30)28-18-23(10-16-31(28)36)33(39)29(35-40-21(3)37)19-41-25-13-11-24(34)12-14-25/h5-18H,4,19H2,1-3H3/b35-29+. The zero-order valence-corrected chi connectivity index (χ0v) is 24.4. The SMILES string of the molecule is CCn1c2ccc(C(=O)/C(CSc3ccc(Cl)cc3)=N/OC(C)=O)cc2c2cc(C(=O)c3ccccc3C)ccc21. The molecular weight excluding hydrogens is 556 g/mol. The van der Waals surface area contributed by atoms with Crippen molar-refractivity contribution in [2.75, 3.05) is 5.75 Å². The van der Waals surface area contributed by atoms with Gasteiger partial charge in [-0.1, -0.05) is 41.0 Å². The lowest BCUT2D eigenvalue weighted by atomic mass is 9.97. The number of rotatable bonds is 9. The van der Waals surface area contributed by atoms with Crippen LogP contribution in [-0.4, -0.2) is 33.6 Å². The summed E-state index contributed by atoms with van der Waals surface area (Å²) in [4.78, 5) is 44.3. The highest BCUT2D eigenvalue weighted by Gasteiger charge is 2.20. The molecule has 0 atom stereocenters. The van der Waals surface area contributed by atoms with Crippen molar-refractivity contribution in [1.82, 2.24) is 4.57 Å². The number of halogens is 1. The van der Waals surface area contributed by atoms with Gasteiger partial charge < -0.3 is 9.40 Å². The molecule has 41 heavy (non-hydrogen) atoms. The number of oxime groups is 1. The molecule has 0 fully saturated rings. The second kappa shape index (κ2) is 12.1. The van der Waals surface area contributed by atoms with Crippen molar-refractivity contribution in [1.29, 1.82) is 0 Å². The fourth-order valence-electron chi connectivity index (χ4n) is 4.81. The van der Waals surface area contributed by atoms with E-state index in [1.165, 1.54) is 18.7 Å². The molecule has 0 bridgehead atoms. The van der Waals surface area contributed by atoms with Crippen LogP contribution in [0.3, 0.4) is 0 Å². The van der Waals surface area contributed by atoms with Gasteiger partial charge in [0.2, 0.25) is 5.78 Å². The van der Waals surface area contributed by atoms with Crippen molar-refractivity contribution in [3.8, 4) is 0 Å². The van der Waals surface area contributed by atoms with E-state index in [2.05, 4.69) is 16.6 Å². The minimum absolute atomic E-state index is 0.0512. The van der Waals surface area contributed by atoms with E-state index in [0.717, 1.165) is 38.8 Å². The van der Waals surface area contributed by atoms with Gasteiger partial charge in [-0.2, -0.15) is 0 Å². The van der Waals surface area contributed by atoms with Crippen molar-refractivity contribution >= 4 is 68.4 Å². The number of ketones is 2. The Morgan fingerprint density at radius 2 is 1.51 bits per heavy atom. The topological polar surface area (TPSA) is 77.7 Å². The van der Waals surface area contributed by atoms with Gasteiger partial charge in [-0.15, -0.1) is 11.8 Å². The van der Waals surface area contributed by atoms with Gasteiger partial charge >= 0.3 is 5.97 Å². The first-order chi connectivity index (χ1) is 19.8. The van der Waals surface area contributed by atoms with Gasteiger partial charge in [0, 0.05) is 67.6 Å². The molecule has 0 saturated carbocycles. The number of nitrogens with zero attached hydrogens (tertiary/aromatic N) is 2. The van der Waals surface area contributed by atoms with Crippen molar-refractivity contribution in [3.05, 3.63) is 112 Å². The summed E-state index contributed by atoms with van der Waals surface area (Å²) in [5.41, 5.74) is 4.59. The molecule has 1 aromatic heterocycles. The average molecular weight is 583 g/mol. The van der Waals surface area contributed by atoms with Crippen LogP contribution in [-0.2, 0) is 16.2 Å². The number of carbonyl (C=O) groups excluding carboxylic acids is 3. The predicted molar refractivity (Wildman–Crippen MR) is 165 cm³/mol. The van der Waals surface area contributed by atoms with Crippen LogP contribution in [0.25, 0.3) is 21.8 Å². The predicted octanol–water partition coefficient (Wildman–Crippen LogP) is 7.90. The normalized spacial score (nSPS) is 11.7. The van der Waals surface area contributed by atoms with E-state index < -0.39 is 5.97 Å². The first-order valence-corrected chi connectivity index (χ1v) is 14.5. The summed E-state index contributed by atoms with van der Waals surface area (Å²) >= 11 is 7.38. The molecule has 4 aromatic carbocycles. The Labute approximate surface area is 246 Å². The molecule has 5 aromatic rings. The van der Waals surface area contributed by atoms with Crippen molar-refractivity contribution < 1.29 is 19.2 Å². The van der Waals surface area contributed by atoms with Gasteiger partial charge in [0.05, 0.1) is 0 Å². The lowest BCUT2D eigenvalue weighted by molar-refractivity contribution is -0.140. The van der Waals surface area contributed by atoms with Crippen molar-refractivity contribution in [3.63, 3.8) is 0 Å². The summed E-state index contributed by atoms with van der Waals surface area (Å²) in [5.74, 6) is -0.819. The Morgan fingerprint density at radius 1 is 0.878 bits per heavy atom. The summed E-state index contributed by atoms with van der Waals surface area (Å²) < 4.78 is 2.16. The highest BCUT2D eigenvalue weighted by molar-refractivity contribution is 8.00. The minimum atomic E-state index is -0.612. The molecular formula is C33H27ClN2O4S. The van der Waals surface area contributed by atoms with Crippen LogP contribution in [0.2, 0.25) is 5.02 Å². The van der Waals surface area contributed by atoms with Crippen LogP contribution in [0.1, 0.15) is 45.7 Å². The fraction of sp³-hybridized carbons (Fsp3) is 0.152. The molecule has 0 aliphatic heterocycles. The largest absolute Gasteiger partial charge is 0.341 e. The fourth-order valence-corrected chi connectivity index (χ4v) is 5.75. The summed E-state index contributed by atoms with van der Waals surface area (Å²) in [6.45, 7) is 5.93. The summed E-state index contributed by atoms with van der Waals surface area (Å²) in [5, 5.41) is 6.24. The van der Waals surface area contributed by atoms with Gasteiger partial charge in [-0.05, 0) is 80.1 Å². The van der Waals surface area contributed by atoms with E-state index in [9.17, 15) is 14.4 Å². The van der Waals surface area contributed by atoms with Crippen LogP contribution < -0.4 is 0 Å². The quantitative estimate of drug-likeness (QED) is 0.0580. The summed E-state index contributed by atoms with van der Waals surface area (Å²) in [6.07, 6.45) is 0. The third-order valence-electron chi connectivity index (χ3n) is 6.83. The van der Waals surface area contributed by atoms with Crippen LogP contribution in [0.5, 0.6) is 0 Å². The Kier molecular flexibility index (Phi) is 8.38. The maximum absolute atomic E-state index is 13.7. The lowest BCUT2D eigenvalue weighted by Gasteiger charge is -2.07. The van der Waals surface area contributed by atoms with Gasteiger partial charge in [-0.3, -0.25) is 9.59 Å². The van der Waals surface area contributed by atoms with Crippen LogP contribution in [0.15, 0.2) is 95.0 Å². The van der Waals surface area contributed by atoms with Gasteiger partial charge in [0.25, 0.3) is 0 Å². The van der Waals surface area contributed by atoms with Crippen LogP contribution in [0.4, 0.5) is 0 Å². The van der Waals surface area contributed by atoms with E-state index in [1.54, 1.807) is 18.2 Å². The van der Waals surface area contributed by atoms with Crippen molar-refractivity contribution in [2.24, 2.45) is 5.16 Å². The molecule has 1 heterocycles. The van der Waals surface area contributed by atoms with Crippen LogP contribution >= 0.6 is 23.4 Å². The molecule has 0 aliphatic carbocycles. The number of thioether (sulfide) groups is 1. The second-order valence-corrected chi connectivity index (χ2v) is 11.0. The lowest BCUT2D eigenvalue weighted by Crippen LogP contribution is -2.18. The maximum Gasteiger partial charge on any atom is 0.331 e. The Bertz CT molecular complexity index is 1840. The highest BCUT2D eigenvalue weighted by atomic mass is 35.5. The number of Topliss-reactive ketones (excluding diaryl/α,β-unsaturated/α-hetero) is 1. The Balaban J connectivity index is 1.55. The monoisotopic (exact) mass is 582 g/mol. The first kappa shape index (κ1) is 28.3. The number of carbonyl (C=O) groups is 3. The summed E-state index contributed by atoms with van der Waals surface area (Å²) in [6, 6.07) is 26.0. The van der Waals surface area contributed by atoms with Crippen LogP contribution in [0, 0.1) is 6.92 Å². The zero-order valence-electron chi connectivity index (χ0n) is 22.8. The minimum Gasteiger partial charge on any atom is -0.341 e. The number of hydrogen-bond donors (Lipinski definition) is 0. The molecule has 0 spiro atoms.